The highest BCUT2D eigenvalue weighted by Crippen LogP contribution is 2.41. The SMILES string of the molecule is CN1C2=Nc3ccccc3SC2=Nc2ccccc21. The number of rotatable bonds is 0. The number of hydrogen-bond acceptors (Lipinski definition) is 4. The topological polar surface area (TPSA) is 28.0 Å². The molecule has 0 aliphatic carbocycles. The van der Waals surface area contributed by atoms with Gasteiger partial charge >= 0.3 is 0 Å². The minimum Gasteiger partial charge on any atom is -0.325 e. The molecule has 92 valence electrons. The number of anilines is 1. The molecule has 0 unspecified atom stereocenters. The number of benzene rings is 2. The molecule has 0 radical (unpaired) electrons. The predicted molar refractivity (Wildman–Crippen MR) is 81.3 cm³/mol. The van der Waals surface area contributed by atoms with Crippen molar-refractivity contribution in [1.29, 1.82) is 0 Å². The Kier molecular flexibility index (Phi) is 2.26. The van der Waals surface area contributed by atoms with E-state index in [2.05, 4.69) is 17.0 Å². The standard InChI is InChI=1S/C15H11N3S/c1-18-12-8-4-2-6-10(12)17-15-14(18)16-11-7-3-5-9-13(11)19-15/h2-9H,1H3. The van der Waals surface area contributed by atoms with Crippen molar-refractivity contribution in [2.24, 2.45) is 9.98 Å². The van der Waals surface area contributed by atoms with E-state index in [0.717, 1.165) is 32.8 Å². The fraction of sp³-hybridized carbons (Fsp3) is 0.0667. The van der Waals surface area contributed by atoms with Crippen LogP contribution in [0, 0.1) is 0 Å². The van der Waals surface area contributed by atoms with E-state index in [1.54, 1.807) is 11.8 Å². The van der Waals surface area contributed by atoms with Crippen LogP contribution < -0.4 is 4.90 Å². The van der Waals surface area contributed by atoms with Crippen molar-refractivity contribution in [2.75, 3.05) is 11.9 Å². The van der Waals surface area contributed by atoms with E-state index in [4.69, 9.17) is 9.98 Å². The summed E-state index contributed by atoms with van der Waals surface area (Å²) >= 11 is 1.69. The van der Waals surface area contributed by atoms with Crippen LogP contribution in [0.5, 0.6) is 0 Å². The van der Waals surface area contributed by atoms with Gasteiger partial charge in [0.25, 0.3) is 0 Å². The zero-order valence-corrected chi connectivity index (χ0v) is 11.2. The molecule has 0 saturated carbocycles. The number of nitrogens with zero attached hydrogens (tertiary/aromatic N) is 3. The maximum Gasteiger partial charge on any atom is 0.166 e. The smallest absolute Gasteiger partial charge is 0.166 e. The number of thioether (sulfide) groups is 1. The molecule has 4 rings (SSSR count). The number of amidine groups is 1. The quantitative estimate of drug-likeness (QED) is 0.720. The summed E-state index contributed by atoms with van der Waals surface area (Å²) in [5, 5.41) is 0.972. The number of para-hydroxylation sites is 3. The van der Waals surface area contributed by atoms with Gasteiger partial charge in [-0.25, -0.2) is 9.98 Å². The molecule has 0 aromatic heterocycles. The largest absolute Gasteiger partial charge is 0.325 e. The van der Waals surface area contributed by atoms with Crippen LogP contribution in [0.4, 0.5) is 17.1 Å². The molecule has 2 aliphatic heterocycles. The molecule has 0 amide bonds. The van der Waals surface area contributed by atoms with Gasteiger partial charge in [0.15, 0.2) is 5.84 Å². The summed E-state index contributed by atoms with van der Waals surface area (Å²) in [6.45, 7) is 0. The Hall–Kier alpha value is -2.07. The van der Waals surface area contributed by atoms with Gasteiger partial charge in [0, 0.05) is 11.9 Å². The number of aliphatic imine (C=N–C) groups is 2. The third kappa shape index (κ3) is 1.60. The van der Waals surface area contributed by atoms with Gasteiger partial charge in [0.05, 0.1) is 17.1 Å². The molecule has 3 nitrogen and oxygen atoms in total. The first kappa shape index (κ1) is 10.8. The molecule has 2 heterocycles. The van der Waals surface area contributed by atoms with Crippen LogP contribution in [-0.4, -0.2) is 17.9 Å². The molecule has 0 spiro atoms. The van der Waals surface area contributed by atoms with Crippen molar-refractivity contribution >= 4 is 39.7 Å². The lowest BCUT2D eigenvalue weighted by atomic mass is 10.2. The van der Waals surface area contributed by atoms with Gasteiger partial charge in [-0.2, -0.15) is 0 Å². The number of hydrogen-bond donors (Lipinski definition) is 0. The summed E-state index contributed by atoms with van der Waals surface area (Å²) in [6.07, 6.45) is 0. The van der Waals surface area contributed by atoms with Gasteiger partial charge in [-0.3, -0.25) is 0 Å². The van der Waals surface area contributed by atoms with Crippen molar-refractivity contribution in [1.82, 2.24) is 0 Å². The summed E-state index contributed by atoms with van der Waals surface area (Å²) in [5.41, 5.74) is 3.13. The maximum absolute atomic E-state index is 4.74. The van der Waals surface area contributed by atoms with Crippen LogP contribution in [0.2, 0.25) is 0 Å². The van der Waals surface area contributed by atoms with Crippen molar-refractivity contribution < 1.29 is 0 Å². The van der Waals surface area contributed by atoms with Crippen molar-refractivity contribution in [3.05, 3.63) is 48.5 Å². The monoisotopic (exact) mass is 265 g/mol. The van der Waals surface area contributed by atoms with E-state index in [0.29, 0.717) is 0 Å². The fourth-order valence-electron chi connectivity index (χ4n) is 2.30. The second-order valence-electron chi connectivity index (χ2n) is 4.47. The Morgan fingerprint density at radius 3 is 2.53 bits per heavy atom. The molecule has 0 fully saturated rings. The first-order valence-electron chi connectivity index (χ1n) is 6.10. The van der Waals surface area contributed by atoms with Crippen molar-refractivity contribution in [2.45, 2.75) is 4.90 Å². The molecule has 0 saturated heterocycles. The third-order valence-corrected chi connectivity index (χ3v) is 4.30. The van der Waals surface area contributed by atoms with E-state index >= 15 is 0 Å². The maximum atomic E-state index is 4.74. The zero-order valence-electron chi connectivity index (χ0n) is 10.4. The Labute approximate surface area is 115 Å². The van der Waals surface area contributed by atoms with Crippen molar-refractivity contribution in [3.8, 4) is 0 Å². The summed E-state index contributed by atoms with van der Waals surface area (Å²) in [7, 11) is 2.04. The van der Waals surface area contributed by atoms with Gasteiger partial charge in [-0.05, 0) is 24.3 Å². The summed E-state index contributed by atoms with van der Waals surface area (Å²) in [6, 6.07) is 16.3. The lowest BCUT2D eigenvalue weighted by Gasteiger charge is -2.30. The van der Waals surface area contributed by atoms with E-state index in [9.17, 15) is 0 Å². The molecule has 0 N–H and O–H groups in total. The lowest BCUT2D eigenvalue weighted by molar-refractivity contribution is 1.22. The van der Waals surface area contributed by atoms with E-state index in [-0.39, 0.29) is 0 Å². The van der Waals surface area contributed by atoms with E-state index < -0.39 is 0 Å². The second kappa shape index (κ2) is 3.96. The molecule has 2 aromatic rings. The van der Waals surface area contributed by atoms with Gasteiger partial charge in [-0.15, -0.1) is 0 Å². The highest BCUT2D eigenvalue weighted by atomic mass is 32.2. The van der Waals surface area contributed by atoms with Crippen LogP contribution in [0.3, 0.4) is 0 Å². The van der Waals surface area contributed by atoms with E-state index in [1.807, 2.05) is 43.4 Å². The summed E-state index contributed by atoms with van der Waals surface area (Å²) < 4.78 is 0. The Balaban J connectivity index is 1.93. The average molecular weight is 265 g/mol. The molecule has 0 bridgehead atoms. The third-order valence-electron chi connectivity index (χ3n) is 3.27. The predicted octanol–water partition coefficient (Wildman–Crippen LogP) is 4.00. The lowest BCUT2D eigenvalue weighted by Crippen LogP contribution is -2.35. The zero-order chi connectivity index (χ0) is 12.8. The second-order valence-corrected chi connectivity index (χ2v) is 5.50. The fourth-order valence-corrected chi connectivity index (χ4v) is 3.30. The van der Waals surface area contributed by atoms with Crippen LogP contribution in [0.1, 0.15) is 0 Å². The Bertz CT molecular complexity index is 734. The van der Waals surface area contributed by atoms with Crippen LogP contribution in [0.15, 0.2) is 63.4 Å². The van der Waals surface area contributed by atoms with Crippen LogP contribution in [-0.2, 0) is 0 Å². The van der Waals surface area contributed by atoms with Gasteiger partial charge in [-0.1, -0.05) is 36.0 Å². The minimum atomic E-state index is 0.933. The molecular formula is C15H11N3S. The first-order chi connectivity index (χ1) is 9.33. The normalized spacial score (nSPS) is 15.9. The van der Waals surface area contributed by atoms with E-state index in [1.165, 1.54) is 0 Å². The molecule has 2 aliphatic rings. The highest BCUT2D eigenvalue weighted by molar-refractivity contribution is 8.16. The molecule has 0 atom stereocenters. The Morgan fingerprint density at radius 1 is 0.895 bits per heavy atom. The minimum absolute atomic E-state index is 0.933. The van der Waals surface area contributed by atoms with Gasteiger partial charge in [0.2, 0.25) is 0 Å². The Morgan fingerprint density at radius 2 is 1.63 bits per heavy atom. The molecule has 4 heteroatoms. The number of fused-ring (bicyclic) bond motifs is 3. The van der Waals surface area contributed by atoms with Crippen LogP contribution >= 0.6 is 11.8 Å². The van der Waals surface area contributed by atoms with Gasteiger partial charge < -0.3 is 4.90 Å². The summed E-state index contributed by atoms with van der Waals surface area (Å²) in [4.78, 5) is 12.7. The first-order valence-corrected chi connectivity index (χ1v) is 6.92. The van der Waals surface area contributed by atoms with Crippen molar-refractivity contribution in [3.63, 3.8) is 0 Å². The molecule has 2 aromatic carbocycles. The highest BCUT2D eigenvalue weighted by Gasteiger charge is 2.27. The van der Waals surface area contributed by atoms with Crippen LogP contribution in [0.25, 0.3) is 0 Å². The molecular weight excluding hydrogens is 254 g/mol. The molecule has 19 heavy (non-hydrogen) atoms. The average Bonchev–Trinajstić information content (AvgIpc) is 2.46. The van der Waals surface area contributed by atoms with Gasteiger partial charge in [0.1, 0.15) is 5.04 Å². The summed E-state index contributed by atoms with van der Waals surface area (Å²) in [5.74, 6) is 0.933.